The zero-order valence-electron chi connectivity index (χ0n) is 9.41. The summed E-state index contributed by atoms with van der Waals surface area (Å²) in [5.74, 6) is 0.479. The highest BCUT2D eigenvalue weighted by Crippen LogP contribution is 2.14. The highest BCUT2D eigenvalue weighted by molar-refractivity contribution is 5.88. The van der Waals surface area contributed by atoms with Crippen LogP contribution in [0.5, 0.6) is 5.75 Å². The average molecular weight is 228 g/mol. The third kappa shape index (κ3) is 2.81. The largest absolute Gasteiger partial charge is 0.419 e. The Morgan fingerprint density at radius 2 is 1.76 bits per heavy atom. The van der Waals surface area contributed by atoms with Gasteiger partial charge in [-0.15, -0.1) is 0 Å². The Labute approximate surface area is 99.5 Å². The molecule has 0 saturated carbocycles. The van der Waals surface area contributed by atoms with E-state index in [2.05, 4.69) is 4.98 Å². The molecule has 4 heteroatoms. The van der Waals surface area contributed by atoms with E-state index in [9.17, 15) is 4.79 Å². The second-order valence-electron chi connectivity index (χ2n) is 3.45. The van der Waals surface area contributed by atoms with Crippen LogP contribution in [0, 0.1) is 0 Å². The Kier molecular flexibility index (Phi) is 3.35. The molecule has 2 rings (SSSR count). The fraction of sp³-hybridized carbons (Fsp3) is 0.0769. The lowest BCUT2D eigenvalue weighted by Crippen LogP contribution is -2.29. The molecule has 0 fully saturated rings. The summed E-state index contributed by atoms with van der Waals surface area (Å²) in [5, 5.41) is 0. The lowest BCUT2D eigenvalue weighted by molar-refractivity contribution is 0.209. The molecule has 0 unspecified atom stereocenters. The van der Waals surface area contributed by atoms with Crippen LogP contribution in [-0.4, -0.2) is 18.1 Å². The van der Waals surface area contributed by atoms with E-state index in [1.165, 1.54) is 4.90 Å². The normalized spacial score (nSPS) is 9.71. The second-order valence-corrected chi connectivity index (χ2v) is 3.45. The predicted octanol–water partition coefficient (Wildman–Crippen LogP) is 2.72. The lowest BCUT2D eigenvalue weighted by Gasteiger charge is -2.16. The third-order valence-electron chi connectivity index (χ3n) is 2.27. The molecule has 0 N–H and O–H groups in total. The van der Waals surface area contributed by atoms with Gasteiger partial charge >= 0.3 is 6.09 Å². The molecule has 0 aliphatic carbocycles. The maximum atomic E-state index is 11.8. The van der Waals surface area contributed by atoms with Gasteiger partial charge in [0.05, 0.1) is 0 Å². The number of pyridine rings is 1. The minimum Gasteiger partial charge on any atom is -0.410 e. The minimum absolute atomic E-state index is 0.428. The van der Waals surface area contributed by atoms with Gasteiger partial charge in [0.25, 0.3) is 0 Å². The number of hydrogen-bond donors (Lipinski definition) is 0. The number of hydrogen-bond acceptors (Lipinski definition) is 3. The quantitative estimate of drug-likeness (QED) is 0.793. The molecule has 17 heavy (non-hydrogen) atoms. The van der Waals surface area contributed by atoms with Gasteiger partial charge in [-0.2, -0.15) is 0 Å². The van der Waals surface area contributed by atoms with Crippen molar-refractivity contribution < 1.29 is 9.53 Å². The summed E-state index contributed by atoms with van der Waals surface area (Å²) < 4.78 is 5.18. The lowest BCUT2D eigenvalue weighted by atomic mass is 10.3. The monoisotopic (exact) mass is 228 g/mol. The van der Waals surface area contributed by atoms with Crippen molar-refractivity contribution in [1.82, 2.24) is 4.98 Å². The molecular weight excluding hydrogens is 216 g/mol. The van der Waals surface area contributed by atoms with E-state index < -0.39 is 6.09 Å². The number of rotatable bonds is 2. The van der Waals surface area contributed by atoms with Gasteiger partial charge in [-0.25, -0.2) is 4.79 Å². The fourth-order valence-electron chi connectivity index (χ4n) is 1.33. The van der Waals surface area contributed by atoms with E-state index in [1.807, 2.05) is 30.3 Å². The van der Waals surface area contributed by atoms with Gasteiger partial charge in [-0.3, -0.25) is 9.88 Å². The van der Waals surface area contributed by atoms with E-state index in [0.717, 1.165) is 5.69 Å². The Hall–Kier alpha value is -2.36. The van der Waals surface area contributed by atoms with E-state index in [0.29, 0.717) is 5.75 Å². The molecule has 1 amide bonds. The third-order valence-corrected chi connectivity index (χ3v) is 2.27. The van der Waals surface area contributed by atoms with Crippen LogP contribution in [0.25, 0.3) is 0 Å². The standard InChI is InChI=1S/C13H12N2O2/c1-15(11-5-3-2-4-6-11)13(16)17-12-7-9-14-10-8-12/h2-10H,1H3. The van der Waals surface area contributed by atoms with Crippen molar-refractivity contribution in [2.75, 3.05) is 11.9 Å². The van der Waals surface area contributed by atoms with Gasteiger partial charge in [-0.05, 0) is 24.3 Å². The van der Waals surface area contributed by atoms with Crippen LogP contribution in [-0.2, 0) is 0 Å². The molecule has 0 aliphatic rings. The van der Waals surface area contributed by atoms with Gasteiger partial charge in [0, 0.05) is 25.1 Å². The summed E-state index contributed by atoms with van der Waals surface area (Å²) in [7, 11) is 1.67. The topological polar surface area (TPSA) is 42.4 Å². The summed E-state index contributed by atoms with van der Waals surface area (Å²) in [6.07, 6.45) is 2.72. The zero-order valence-corrected chi connectivity index (χ0v) is 9.41. The summed E-state index contributed by atoms with van der Waals surface area (Å²) in [6, 6.07) is 12.6. The van der Waals surface area contributed by atoms with Crippen molar-refractivity contribution in [3.8, 4) is 5.75 Å². The zero-order chi connectivity index (χ0) is 12.1. The van der Waals surface area contributed by atoms with Gasteiger partial charge in [0.2, 0.25) is 0 Å². The SMILES string of the molecule is CN(C(=O)Oc1ccncc1)c1ccccc1. The average Bonchev–Trinajstić information content (AvgIpc) is 2.40. The van der Waals surface area contributed by atoms with Gasteiger partial charge in [-0.1, -0.05) is 18.2 Å². The van der Waals surface area contributed by atoms with E-state index >= 15 is 0 Å². The Bertz CT molecular complexity index is 485. The van der Waals surface area contributed by atoms with E-state index in [1.54, 1.807) is 31.6 Å². The molecule has 0 bridgehead atoms. The molecule has 1 aromatic carbocycles. The summed E-state index contributed by atoms with van der Waals surface area (Å²) in [6.45, 7) is 0. The molecule has 0 saturated heterocycles. The number of anilines is 1. The van der Waals surface area contributed by atoms with Crippen LogP contribution < -0.4 is 9.64 Å². The molecule has 0 spiro atoms. The van der Waals surface area contributed by atoms with Crippen LogP contribution in [0.15, 0.2) is 54.9 Å². The molecule has 2 aromatic rings. The Morgan fingerprint density at radius 3 is 2.41 bits per heavy atom. The minimum atomic E-state index is -0.428. The van der Waals surface area contributed by atoms with Crippen molar-refractivity contribution in [2.45, 2.75) is 0 Å². The molecule has 86 valence electrons. The number of amides is 1. The van der Waals surface area contributed by atoms with Crippen LogP contribution in [0.4, 0.5) is 10.5 Å². The number of ether oxygens (including phenoxy) is 1. The van der Waals surface area contributed by atoms with Gasteiger partial charge in [0.15, 0.2) is 0 Å². The van der Waals surface area contributed by atoms with Crippen molar-refractivity contribution in [2.24, 2.45) is 0 Å². The number of carbonyl (C=O) groups is 1. The van der Waals surface area contributed by atoms with Crippen molar-refractivity contribution in [1.29, 1.82) is 0 Å². The van der Waals surface area contributed by atoms with Crippen LogP contribution in [0.1, 0.15) is 0 Å². The van der Waals surface area contributed by atoms with Crippen molar-refractivity contribution >= 4 is 11.8 Å². The number of para-hydroxylation sites is 1. The maximum absolute atomic E-state index is 11.8. The van der Waals surface area contributed by atoms with Crippen LogP contribution >= 0.6 is 0 Å². The molecule has 1 heterocycles. The van der Waals surface area contributed by atoms with E-state index in [4.69, 9.17) is 4.74 Å². The number of aromatic nitrogens is 1. The summed E-state index contributed by atoms with van der Waals surface area (Å²) in [4.78, 5) is 17.1. The first-order chi connectivity index (χ1) is 8.27. The fourth-order valence-corrected chi connectivity index (χ4v) is 1.33. The van der Waals surface area contributed by atoms with Gasteiger partial charge in [0.1, 0.15) is 5.75 Å². The summed E-state index contributed by atoms with van der Waals surface area (Å²) in [5.41, 5.74) is 0.784. The molecule has 4 nitrogen and oxygen atoms in total. The first-order valence-corrected chi connectivity index (χ1v) is 5.18. The van der Waals surface area contributed by atoms with E-state index in [-0.39, 0.29) is 0 Å². The Balaban J connectivity index is 2.06. The molecule has 1 aromatic heterocycles. The highest BCUT2D eigenvalue weighted by Gasteiger charge is 2.12. The first kappa shape index (κ1) is 11.1. The van der Waals surface area contributed by atoms with Crippen LogP contribution in [0.2, 0.25) is 0 Å². The molecule has 0 atom stereocenters. The smallest absolute Gasteiger partial charge is 0.410 e. The number of benzene rings is 1. The van der Waals surface area contributed by atoms with Crippen molar-refractivity contribution in [3.05, 3.63) is 54.9 Å². The number of carbonyl (C=O) groups excluding carboxylic acids is 1. The highest BCUT2D eigenvalue weighted by atomic mass is 16.6. The molecular formula is C13H12N2O2. The van der Waals surface area contributed by atoms with Crippen molar-refractivity contribution in [3.63, 3.8) is 0 Å². The second kappa shape index (κ2) is 5.12. The van der Waals surface area contributed by atoms with Crippen LogP contribution in [0.3, 0.4) is 0 Å². The summed E-state index contributed by atoms with van der Waals surface area (Å²) >= 11 is 0. The first-order valence-electron chi connectivity index (χ1n) is 5.18. The maximum Gasteiger partial charge on any atom is 0.419 e. The predicted molar refractivity (Wildman–Crippen MR) is 65.1 cm³/mol. The molecule has 0 radical (unpaired) electrons. The van der Waals surface area contributed by atoms with Gasteiger partial charge < -0.3 is 4.74 Å². The number of nitrogens with zero attached hydrogens (tertiary/aromatic N) is 2. The Morgan fingerprint density at radius 1 is 1.12 bits per heavy atom. The molecule has 0 aliphatic heterocycles.